The van der Waals surface area contributed by atoms with E-state index in [0.717, 1.165) is 71.3 Å². The van der Waals surface area contributed by atoms with E-state index in [-0.39, 0.29) is 25.4 Å². The Balaban J connectivity index is 1.14. The zero-order valence-electron chi connectivity index (χ0n) is 29.9. The lowest BCUT2D eigenvalue weighted by Crippen LogP contribution is -2.47. The second kappa shape index (κ2) is 18.3. The summed E-state index contributed by atoms with van der Waals surface area (Å²) < 4.78 is 23.7. The molecule has 2 amide bonds. The lowest BCUT2D eigenvalue weighted by molar-refractivity contribution is -0.253. The zero-order chi connectivity index (χ0) is 36.3. The third-order valence-electron chi connectivity index (χ3n) is 9.94. The van der Waals surface area contributed by atoms with Gasteiger partial charge in [0.15, 0.2) is 6.29 Å². The van der Waals surface area contributed by atoms with Crippen LogP contribution in [0.3, 0.4) is 0 Å². The van der Waals surface area contributed by atoms with Gasteiger partial charge in [-0.2, -0.15) is 0 Å². The number of nitrogens with one attached hydrogen (secondary N) is 2. The highest BCUT2D eigenvalue weighted by atomic mass is 16.7. The van der Waals surface area contributed by atoms with Crippen LogP contribution in [-0.2, 0) is 43.3 Å². The minimum absolute atomic E-state index is 0.000629. The van der Waals surface area contributed by atoms with E-state index >= 15 is 0 Å². The Morgan fingerprint density at radius 2 is 1.62 bits per heavy atom. The molecule has 0 spiro atoms. The maximum absolute atomic E-state index is 13.0. The van der Waals surface area contributed by atoms with E-state index in [1.165, 1.54) is 7.11 Å². The molecule has 0 radical (unpaired) electrons. The van der Waals surface area contributed by atoms with Crippen molar-refractivity contribution < 1.29 is 33.6 Å². The number of aliphatic hydroxyl groups is 1. The van der Waals surface area contributed by atoms with E-state index in [1.807, 2.05) is 91.0 Å². The van der Waals surface area contributed by atoms with E-state index in [2.05, 4.69) is 27.7 Å². The number of carbonyl (C=O) groups excluding carboxylic acids is 2. The molecule has 274 valence electrons. The number of likely N-dealkylation sites (tertiary alicyclic amines) is 1. The molecule has 0 bridgehead atoms. The molecule has 2 aliphatic heterocycles. The van der Waals surface area contributed by atoms with Gasteiger partial charge in [0.1, 0.15) is 6.04 Å². The summed E-state index contributed by atoms with van der Waals surface area (Å²) in [6.07, 6.45) is 2.56. The number of urea groups is 1. The first kappa shape index (κ1) is 37.2. The largest absolute Gasteiger partial charge is 0.467 e. The fourth-order valence-electron chi connectivity index (χ4n) is 7.16. The topological polar surface area (TPSA) is 119 Å². The Bertz CT molecular complexity index is 1730. The Kier molecular flexibility index (Phi) is 13.1. The van der Waals surface area contributed by atoms with Gasteiger partial charge in [-0.1, -0.05) is 103 Å². The molecule has 2 saturated heterocycles. The highest BCUT2D eigenvalue weighted by molar-refractivity contribution is 5.84. The molecule has 4 aromatic carbocycles. The smallest absolute Gasteiger partial charge is 0.328 e. The van der Waals surface area contributed by atoms with Crippen LogP contribution in [0.2, 0.25) is 0 Å². The Morgan fingerprint density at radius 1 is 0.885 bits per heavy atom. The summed E-state index contributed by atoms with van der Waals surface area (Å²) >= 11 is 0. The van der Waals surface area contributed by atoms with Gasteiger partial charge in [0, 0.05) is 44.6 Å². The summed E-state index contributed by atoms with van der Waals surface area (Å²) in [6.45, 7) is 2.80. The zero-order valence-corrected chi connectivity index (χ0v) is 29.9. The number of aliphatic hydroxyl groups excluding tert-OH is 1. The highest BCUT2D eigenvalue weighted by Gasteiger charge is 2.35. The van der Waals surface area contributed by atoms with Crippen LogP contribution in [0.25, 0.3) is 11.1 Å². The van der Waals surface area contributed by atoms with Crippen molar-refractivity contribution in [2.75, 3.05) is 33.9 Å². The number of amides is 2. The molecule has 5 atom stereocenters. The van der Waals surface area contributed by atoms with Gasteiger partial charge in [0.2, 0.25) is 0 Å². The average Bonchev–Trinajstić information content (AvgIpc) is 3.63. The summed E-state index contributed by atoms with van der Waals surface area (Å²) in [4.78, 5) is 27.9. The number of nitrogens with zero attached hydrogens (tertiary/aromatic N) is 1. The van der Waals surface area contributed by atoms with Crippen LogP contribution in [0.5, 0.6) is 0 Å². The number of hydrogen-bond donors (Lipinski definition) is 3. The fourth-order valence-corrected chi connectivity index (χ4v) is 7.16. The van der Waals surface area contributed by atoms with Crippen molar-refractivity contribution in [3.63, 3.8) is 0 Å². The van der Waals surface area contributed by atoms with Gasteiger partial charge in [-0.3, -0.25) is 4.90 Å². The van der Waals surface area contributed by atoms with Crippen molar-refractivity contribution >= 4 is 12.0 Å². The van der Waals surface area contributed by atoms with Gasteiger partial charge in [-0.05, 0) is 52.8 Å². The molecule has 0 unspecified atom stereocenters. The summed E-state index contributed by atoms with van der Waals surface area (Å²) in [6, 6.07) is 32.7. The monoisotopic (exact) mass is 707 g/mol. The molecule has 10 heteroatoms. The highest BCUT2D eigenvalue weighted by Crippen LogP contribution is 2.39. The normalized spacial score (nSPS) is 21.0. The van der Waals surface area contributed by atoms with Crippen LogP contribution >= 0.6 is 0 Å². The van der Waals surface area contributed by atoms with Gasteiger partial charge in [-0.15, -0.1) is 0 Å². The molecule has 52 heavy (non-hydrogen) atoms. The molecule has 10 nitrogen and oxygen atoms in total. The Morgan fingerprint density at radius 3 is 2.35 bits per heavy atom. The van der Waals surface area contributed by atoms with E-state index in [9.17, 15) is 14.7 Å². The molecule has 0 saturated carbocycles. The molecular formula is C42H49N3O7. The van der Waals surface area contributed by atoms with Crippen LogP contribution in [0.1, 0.15) is 59.5 Å². The summed E-state index contributed by atoms with van der Waals surface area (Å²) in [5, 5.41) is 15.3. The number of ether oxygens (including phenoxy) is 4. The summed E-state index contributed by atoms with van der Waals surface area (Å²) in [5.74, 6) is -0.506. The van der Waals surface area contributed by atoms with Gasteiger partial charge < -0.3 is 34.7 Å². The number of hydrogen-bond acceptors (Lipinski definition) is 8. The maximum atomic E-state index is 13.0. The number of methoxy groups -OCH3 is 2. The van der Waals surface area contributed by atoms with Gasteiger partial charge >= 0.3 is 12.0 Å². The van der Waals surface area contributed by atoms with Gasteiger partial charge in [0.05, 0.1) is 32.5 Å². The minimum Gasteiger partial charge on any atom is -0.467 e. The van der Waals surface area contributed by atoms with Gasteiger partial charge in [0.25, 0.3) is 0 Å². The minimum atomic E-state index is -0.819. The van der Waals surface area contributed by atoms with Crippen molar-refractivity contribution in [2.45, 2.75) is 69.4 Å². The first-order chi connectivity index (χ1) is 25.4. The fraction of sp³-hybridized carbons (Fsp3) is 0.381. The first-order valence-electron chi connectivity index (χ1n) is 18.0. The first-order valence-corrected chi connectivity index (χ1v) is 18.0. The quantitative estimate of drug-likeness (QED) is 0.135. The molecule has 2 heterocycles. The van der Waals surface area contributed by atoms with Crippen LogP contribution in [0.15, 0.2) is 103 Å². The SMILES string of the molecule is COC[C@@H]1CCCN1C[C@H]1C[C@@H](c2ccc(CO)cc2)O[C@@H](c2ccc(-c3ccccc3CNC(=O)N[C@@H](Cc3ccccc3)C(=O)OC)cc2)O1. The lowest BCUT2D eigenvalue weighted by atomic mass is 9.97. The van der Waals surface area contributed by atoms with Crippen LogP contribution < -0.4 is 10.6 Å². The van der Waals surface area contributed by atoms with Crippen LogP contribution in [0, 0.1) is 0 Å². The third-order valence-corrected chi connectivity index (χ3v) is 9.94. The van der Waals surface area contributed by atoms with E-state index in [0.29, 0.717) is 19.1 Å². The summed E-state index contributed by atoms with van der Waals surface area (Å²) in [7, 11) is 3.07. The number of carbonyl (C=O) groups is 2. The van der Waals surface area contributed by atoms with E-state index in [1.54, 1.807) is 7.11 Å². The predicted octanol–water partition coefficient (Wildman–Crippen LogP) is 6.09. The molecule has 4 aromatic rings. The average molecular weight is 708 g/mol. The maximum Gasteiger partial charge on any atom is 0.328 e. The molecule has 2 aliphatic rings. The molecule has 2 fully saturated rings. The van der Waals surface area contributed by atoms with Crippen LogP contribution in [0.4, 0.5) is 4.79 Å². The second-order valence-corrected chi connectivity index (χ2v) is 13.5. The number of esters is 1. The van der Waals surface area contributed by atoms with Crippen LogP contribution in [-0.4, -0.2) is 74.1 Å². The Labute approximate surface area is 306 Å². The van der Waals surface area contributed by atoms with Crippen molar-refractivity contribution in [3.8, 4) is 11.1 Å². The Hall–Kier alpha value is -4.58. The van der Waals surface area contributed by atoms with Crippen molar-refractivity contribution in [2.24, 2.45) is 0 Å². The number of rotatable bonds is 14. The third kappa shape index (κ3) is 9.64. The molecular weight excluding hydrogens is 658 g/mol. The number of benzene rings is 4. The molecule has 3 N–H and O–H groups in total. The standard InChI is InChI=1S/C42H49N3O7/c1-49-28-35-12-8-22-45(35)26-36-24-39(32-16-14-30(27-46)15-17-32)52-41(51-36)33-20-18-31(19-21-33)37-13-7-6-11-34(37)25-43-42(48)44-38(40(47)50-2)23-29-9-4-3-5-10-29/h3-7,9-11,13-21,35-36,38-39,41,46H,8,12,22-28H2,1-2H3,(H2,43,44,48)/t35-,36+,38-,39-,41-/m0/s1. The van der Waals surface area contributed by atoms with E-state index in [4.69, 9.17) is 18.9 Å². The molecule has 6 rings (SSSR count). The van der Waals surface area contributed by atoms with Crippen molar-refractivity contribution in [3.05, 3.63) is 131 Å². The van der Waals surface area contributed by atoms with E-state index < -0.39 is 24.3 Å². The second-order valence-electron chi connectivity index (χ2n) is 13.5. The predicted molar refractivity (Wildman–Crippen MR) is 198 cm³/mol. The molecule has 0 aromatic heterocycles. The lowest BCUT2D eigenvalue weighted by Gasteiger charge is -2.38. The summed E-state index contributed by atoms with van der Waals surface area (Å²) in [5.41, 5.74) is 6.65. The molecule has 0 aliphatic carbocycles. The van der Waals surface area contributed by atoms with Gasteiger partial charge in [-0.25, -0.2) is 9.59 Å². The van der Waals surface area contributed by atoms with Crippen molar-refractivity contribution in [1.82, 2.24) is 15.5 Å². The van der Waals surface area contributed by atoms with Crippen molar-refractivity contribution in [1.29, 1.82) is 0 Å².